The molecule has 0 radical (unpaired) electrons. The summed E-state index contributed by atoms with van der Waals surface area (Å²) in [6, 6.07) is 8.51. The van der Waals surface area contributed by atoms with Crippen LogP contribution in [0.25, 0.3) is 0 Å². The summed E-state index contributed by atoms with van der Waals surface area (Å²) < 4.78 is 5.80. The van der Waals surface area contributed by atoms with Crippen LogP contribution in [0.3, 0.4) is 0 Å². The zero-order valence-corrected chi connectivity index (χ0v) is 11.4. The molecule has 1 aliphatic heterocycles. The normalized spacial score (nSPS) is 17.9. The van der Waals surface area contributed by atoms with Gasteiger partial charge in [0.2, 0.25) is 0 Å². The Morgan fingerprint density at radius 3 is 2.24 bits per heavy atom. The molecular formula is C15H23NO. The molecule has 2 heteroatoms. The molecule has 0 bridgehead atoms. The fraction of sp³-hybridized carbons (Fsp3) is 0.600. The molecule has 17 heavy (non-hydrogen) atoms. The fourth-order valence-corrected chi connectivity index (χ4v) is 2.20. The highest BCUT2D eigenvalue weighted by Crippen LogP contribution is 2.24. The van der Waals surface area contributed by atoms with E-state index in [1.54, 1.807) is 0 Å². The summed E-state index contributed by atoms with van der Waals surface area (Å²) in [6.45, 7) is 9.87. The lowest BCUT2D eigenvalue weighted by molar-refractivity contribution is 0.0857. The molecule has 0 saturated carbocycles. The van der Waals surface area contributed by atoms with Gasteiger partial charge in [0.05, 0.1) is 6.61 Å². The molecule has 1 heterocycles. The van der Waals surface area contributed by atoms with Gasteiger partial charge in [0.15, 0.2) is 0 Å². The Kier molecular flexibility index (Phi) is 3.43. The van der Waals surface area contributed by atoms with Gasteiger partial charge in [-0.3, -0.25) is 0 Å². The monoisotopic (exact) mass is 233 g/mol. The Balaban J connectivity index is 1.86. The van der Waals surface area contributed by atoms with Crippen molar-refractivity contribution >= 4 is 0 Å². The Hall–Kier alpha value is -1.02. The quantitative estimate of drug-likeness (QED) is 0.796. The number of hydrogen-bond donors (Lipinski definition) is 0. The molecule has 0 unspecified atom stereocenters. The van der Waals surface area contributed by atoms with E-state index in [-0.39, 0.29) is 5.41 Å². The summed E-state index contributed by atoms with van der Waals surface area (Å²) >= 11 is 0. The van der Waals surface area contributed by atoms with Crippen LogP contribution >= 0.6 is 0 Å². The van der Waals surface area contributed by atoms with Crippen molar-refractivity contribution in [2.75, 3.05) is 26.7 Å². The van der Waals surface area contributed by atoms with E-state index in [0.717, 1.165) is 12.4 Å². The second kappa shape index (κ2) is 4.69. The molecule has 94 valence electrons. The average Bonchev–Trinajstić information content (AvgIpc) is 2.22. The van der Waals surface area contributed by atoms with Crippen molar-refractivity contribution in [3.8, 4) is 5.75 Å². The van der Waals surface area contributed by atoms with E-state index in [4.69, 9.17) is 4.74 Å². The van der Waals surface area contributed by atoms with Crippen LogP contribution in [0.4, 0.5) is 0 Å². The van der Waals surface area contributed by atoms with Crippen molar-refractivity contribution in [1.29, 1.82) is 0 Å². The second-order valence-corrected chi connectivity index (χ2v) is 6.17. The van der Waals surface area contributed by atoms with Gasteiger partial charge < -0.3 is 9.64 Å². The van der Waals surface area contributed by atoms with Crippen LogP contribution < -0.4 is 4.74 Å². The molecule has 0 spiro atoms. The van der Waals surface area contributed by atoms with Gasteiger partial charge in [0.25, 0.3) is 0 Å². The van der Waals surface area contributed by atoms with Gasteiger partial charge in [-0.15, -0.1) is 0 Å². The van der Waals surface area contributed by atoms with Crippen LogP contribution in [0, 0.1) is 5.92 Å². The molecule has 1 aliphatic rings. The molecule has 1 saturated heterocycles. The minimum absolute atomic E-state index is 0.217. The Morgan fingerprint density at radius 1 is 1.18 bits per heavy atom. The summed E-state index contributed by atoms with van der Waals surface area (Å²) in [6.07, 6.45) is 0. The number of nitrogens with zero attached hydrogens (tertiary/aromatic N) is 1. The van der Waals surface area contributed by atoms with Crippen LogP contribution in [-0.2, 0) is 5.41 Å². The number of benzene rings is 1. The lowest BCUT2D eigenvalue weighted by Gasteiger charge is -2.35. The van der Waals surface area contributed by atoms with Crippen LogP contribution in [0.2, 0.25) is 0 Å². The van der Waals surface area contributed by atoms with Crippen molar-refractivity contribution < 1.29 is 4.74 Å². The highest BCUT2D eigenvalue weighted by atomic mass is 16.5. The summed E-state index contributed by atoms with van der Waals surface area (Å²) in [5, 5.41) is 0. The van der Waals surface area contributed by atoms with Crippen LogP contribution in [-0.4, -0.2) is 31.6 Å². The predicted molar refractivity (Wildman–Crippen MR) is 71.6 cm³/mol. The zero-order valence-electron chi connectivity index (χ0n) is 11.4. The van der Waals surface area contributed by atoms with Gasteiger partial charge in [-0.05, 0) is 30.2 Å². The van der Waals surface area contributed by atoms with Crippen molar-refractivity contribution in [2.24, 2.45) is 5.92 Å². The third-order valence-electron chi connectivity index (χ3n) is 3.35. The number of ether oxygens (including phenoxy) is 1. The van der Waals surface area contributed by atoms with Gasteiger partial charge in [0.1, 0.15) is 5.75 Å². The molecule has 0 aliphatic carbocycles. The Bertz CT molecular complexity index is 358. The Morgan fingerprint density at radius 2 is 1.76 bits per heavy atom. The highest BCUT2D eigenvalue weighted by Gasteiger charge is 2.23. The number of likely N-dealkylation sites (tertiary alicyclic amines) is 1. The molecule has 0 atom stereocenters. The van der Waals surface area contributed by atoms with Crippen LogP contribution in [0.5, 0.6) is 5.75 Å². The van der Waals surface area contributed by atoms with Gasteiger partial charge >= 0.3 is 0 Å². The molecule has 1 aromatic carbocycles. The van der Waals surface area contributed by atoms with E-state index in [1.807, 2.05) is 0 Å². The maximum atomic E-state index is 5.80. The van der Waals surface area contributed by atoms with E-state index in [1.165, 1.54) is 18.7 Å². The summed E-state index contributed by atoms with van der Waals surface area (Å²) in [5.41, 5.74) is 1.57. The lowest BCUT2D eigenvalue weighted by Crippen LogP contribution is -2.46. The van der Waals surface area contributed by atoms with Gasteiger partial charge in [-0.25, -0.2) is 0 Å². The molecule has 1 aromatic rings. The van der Waals surface area contributed by atoms with Crippen molar-refractivity contribution in [1.82, 2.24) is 4.90 Å². The van der Waals surface area contributed by atoms with E-state index in [2.05, 4.69) is 57.0 Å². The van der Waals surface area contributed by atoms with Crippen LogP contribution in [0.1, 0.15) is 26.3 Å². The van der Waals surface area contributed by atoms with Gasteiger partial charge in [0, 0.05) is 19.0 Å². The minimum atomic E-state index is 0.217. The first-order valence-corrected chi connectivity index (χ1v) is 6.37. The first-order valence-electron chi connectivity index (χ1n) is 6.37. The third kappa shape index (κ3) is 3.22. The first-order chi connectivity index (χ1) is 7.95. The molecule has 2 rings (SSSR count). The summed E-state index contributed by atoms with van der Waals surface area (Å²) in [5.74, 6) is 1.70. The lowest BCUT2D eigenvalue weighted by atomic mass is 9.87. The zero-order chi connectivity index (χ0) is 12.5. The van der Waals surface area contributed by atoms with Gasteiger partial charge in [-0.2, -0.15) is 0 Å². The molecule has 0 amide bonds. The topological polar surface area (TPSA) is 12.5 Å². The minimum Gasteiger partial charge on any atom is -0.493 e. The van der Waals surface area contributed by atoms with E-state index in [0.29, 0.717) is 5.92 Å². The fourth-order valence-electron chi connectivity index (χ4n) is 2.20. The molecule has 0 aromatic heterocycles. The Labute approximate surface area is 105 Å². The smallest absolute Gasteiger partial charge is 0.119 e. The van der Waals surface area contributed by atoms with E-state index < -0.39 is 0 Å². The number of hydrogen-bond acceptors (Lipinski definition) is 2. The molecule has 0 N–H and O–H groups in total. The maximum absolute atomic E-state index is 5.80. The summed E-state index contributed by atoms with van der Waals surface area (Å²) in [4.78, 5) is 2.32. The molecular weight excluding hydrogens is 210 g/mol. The van der Waals surface area contributed by atoms with E-state index >= 15 is 0 Å². The second-order valence-electron chi connectivity index (χ2n) is 6.17. The number of rotatable bonds is 3. The van der Waals surface area contributed by atoms with E-state index in [9.17, 15) is 0 Å². The molecule has 1 fully saturated rings. The average molecular weight is 233 g/mol. The van der Waals surface area contributed by atoms with Crippen molar-refractivity contribution in [2.45, 2.75) is 26.2 Å². The third-order valence-corrected chi connectivity index (χ3v) is 3.35. The largest absolute Gasteiger partial charge is 0.493 e. The summed E-state index contributed by atoms with van der Waals surface area (Å²) in [7, 11) is 2.15. The first kappa shape index (κ1) is 12.4. The van der Waals surface area contributed by atoms with Gasteiger partial charge in [-0.1, -0.05) is 32.9 Å². The predicted octanol–water partition coefficient (Wildman–Crippen LogP) is 2.92. The van der Waals surface area contributed by atoms with Crippen LogP contribution in [0.15, 0.2) is 24.3 Å². The standard InChI is InChI=1S/C15H23NO/c1-15(2,3)13-5-7-14(8-6-13)17-11-12-9-16(4)10-12/h5-8,12H,9-11H2,1-4H3. The van der Waals surface area contributed by atoms with Crippen molar-refractivity contribution in [3.05, 3.63) is 29.8 Å². The van der Waals surface area contributed by atoms with Crippen molar-refractivity contribution in [3.63, 3.8) is 0 Å². The molecule has 2 nitrogen and oxygen atoms in total. The highest BCUT2D eigenvalue weighted by molar-refractivity contribution is 5.31. The SMILES string of the molecule is CN1CC(COc2ccc(C(C)(C)C)cc2)C1. The maximum Gasteiger partial charge on any atom is 0.119 e.